The van der Waals surface area contributed by atoms with Crippen LogP contribution in [0.4, 0.5) is 4.39 Å². The lowest BCUT2D eigenvalue weighted by atomic mass is 9.97. The lowest BCUT2D eigenvalue weighted by Crippen LogP contribution is -2.35. The first-order valence-electron chi connectivity index (χ1n) is 13.7. The molecular weight excluding hydrogens is 495 g/mol. The van der Waals surface area contributed by atoms with Crippen molar-refractivity contribution in [1.29, 1.82) is 0 Å². The Kier molecular flexibility index (Phi) is 6.76. The number of aryl methyl sites for hydroxylation is 1. The van der Waals surface area contributed by atoms with Gasteiger partial charge in [0, 0.05) is 31.4 Å². The molecule has 8 nitrogen and oxygen atoms in total. The highest BCUT2D eigenvalue weighted by molar-refractivity contribution is 6.16. The summed E-state index contributed by atoms with van der Waals surface area (Å²) in [5.74, 6) is -0.672. The molecule has 1 unspecified atom stereocenters. The van der Waals surface area contributed by atoms with Crippen LogP contribution in [0.1, 0.15) is 58.6 Å². The minimum atomic E-state index is -0.707. The quantitative estimate of drug-likeness (QED) is 0.487. The van der Waals surface area contributed by atoms with Crippen LogP contribution >= 0.6 is 0 Å². The SMILES string of the molecule is Cc1ccc(F)cc1C[C@H](C)/N=C1\C=CNC(=O)C1c1nc2cc3c(cc2[nH]1)CN(CCN1CCCC1)C3=O. The van der Waals surface area contributed by atoms with E-state index in [1.165, 1.54) is 18.9 Å². The van der Waals surface area contributed by atoms with Crippen LogP contribution < -0.4 is 5.32 Å². The molecule has 1 saturated heterocycles. The fraction of sp³-hybridized carbons (Fsp3) is 0.400. The van der Waals surface area contributed by atoms with Gasteiger partial charge in [-0.05, 0) is 93.2 Å². The summed E-state index contributed by atoms with van der Waals surface area (Å²) in [4.78, 5) is 43.3. The molecule has 1 fully saturated rings. The molecule has 0 aliphatic carbocycles. The largest absolute Gasteiger partial charge is 0.341 e. The van der Waals surface area contributed by atoms with Gasteiger partial charge in [-0.3, -0.25) is 14.6 Å². The predicted molar refractivity (Wildman–Crippen MR) is 148 cm³/mol. The summed E-state index contributed by atoms with van der Waals surface area (Å²) in [7, 11) is 0. The summed E-state index contributed by atoms with van der Waals surface area (Å²) in [5.41, 5.74) is 5.60. The van der Waals surface area contributed by atoms with Crippen LogP contribution in [0, 0.1) is 12.7 Å². The monoisotopic (exact) mass is 528 g/mol. The molecule has 1 aromatic heterocycles. The highest BCUT2D eigenvalue weighted by Crippen LogP contribution is 2.29. The number of nitrogens with one attached hydrogen (secondary N) is 2. The summed E-state index contributed by atoms with van der Waals surface area (Å²) in [6.45, 7) is 8.36. The second kappa shape index (κ2) is 10.4. The third-order valence-corrected chi connectivity index (χ3v) is 8.00. The van der Waals surface area contributed by atoms with Crippen molar-refractivity contribution >= 4 is 28.6 Å². The highest BCUT2D eigenvalue weighted by atomic mass is 19.1. The average Bonchev–Trinajstić information content (AvgIpc) is 3.63. The first kappa shape index (κ1) is 25.4. The molecule has 0 saturated carbocycles. The zero-order chi connectivity index (χ0) is 27.1. The number of imidazole rings is 1. The highest BCUT2D eigenvalue weighted by Gasteiger charge is 2.33. The van der Waals surface area contributed by atoms with Crippen LogP contribution in [0.2, 0.25) is 0 Å². The maximum absolute atomic E-state index is 13.8. The number of fused-ring (bicyclic) bond motifs is 2. The van der Waals surface area contributed by atoms with Crippen LogP contribution in [0.5, 0.6) is 0 Å². The molecule has 0 spiro atoms. The van der Waals surface area contributed by atoms with E-state index in [2.05, 4.69) is 15.2 Å². The van der Waals surface area contributed by atoms with E-state index < -0.39 is 5.92 Å². The Balaban J connectivity index is 1.23. The van der Waals surface area contributed by atoms with Crippen LogP contribution in [-0.4, -0.2) is 69.5 Å². The lowest BCUT2D eigenvalue weighted by Gasteiger charge is -2.20. The minimum absolute atomic E-state index is 0.0395. The number of aromatic amines is 1. The van der Waals surface area contributed by atoms with Crippen LogP contribution in [0.15, 0.2) is 47.6 Å². The molecule has 9 heteroatoms. The molecule has 6 rings (SSSR count). The van der Waals surface area contributed by atoms with Crippen molar-refractivity contribution in [1.82, 2.24) is 25.1 Å². The van der Waals surface area contributed by atoms with Gasteiger partial charge in [-0.1, -0.05) is 6.07 Å². The van der Waals surface area contributed by atoms with Gasteiger partial charge < -0.3 is 20.1 Å². The number of carbonyl (C=O) groups excluding carboxylic acids is 2. The molecule has 2 amide bonds. The summed E-state index contributed by atoms with van der Waals surface area (Å²) in [6, 6.07) is 8.42. The number of amides is 2. The Bertz CT molecular complexity index is 1500. The van der Waals surface area contributed by atoms with E-state index in [-0.39, 0.29) is 23.7 Å². The number of nitrogens with zero attached hydrogens (tertiary/aromatic N) is 4. The van der Waals surface area contributed by atoms with Crippen molar-refractivity contribution < 1.29 is 14.0 Å². The number of halogens is 1. The molecule has 0 bridgehead atoms. The van der Waals surface area contributed by atoms with E-state index >= 15 is 0 Å². The number of rotatable bonds is 7. The Morgan fingerprint density at radius 3 is 2.79 bits per heavy atom. The van der Waals surface area contributed by atoms with Gasteiger partial charge >= 0.3 is 0 Å². The van der Waals surface area contributed by atoms with Gasteiger partial charge in [-0.15, -0.1) is 0 Å². The molecule has 4 heterocycles. The summed E-state index contributed by atoms with van der Waals surface area (Å²) in [6.07, 6.45) is 6.40. The molecule has 2 aromatic carbocycles. The van der Waals surface area contributed by atoms with Gasteiger partial charge in [-0.25, -0.2) is 9.37 Å². The zero-order valence-electron chi connectivity index (χ0n) is 22.3. The number of H-pyrrole nitrogens is 1. The third kappa shape index (κ3) is 5.11. The number of carbonyl (C=O) groups is 2. The predicted octanol–water partition coefficient (Wildman–Crippen LogP) is 3.86. The normalized spacial score (nSPS) is 21.3. The number of hydrogen-bond donors (Lipinski definition) is 2. The van der Waals surface area contributed by atoms with Crippen LogP contribution in [-0.2, 0) is 17.8 Å². The van der Waals surface area contributed by atoms with Gasteiger partial charge in [0.2, 0.25) is 5.91 Å². The van der Waals surface area contributed by atoms with Crippen molar-refractivity contribution in [3.05, 3.63) is 76.5 Å². The first-order valence-corrected chi connectivity index (χ1v) is 13.7. The number of aromatic nitrogens is 2. The van der Waals surface area contributed by atoms with E-state index in [0.717, 1.165) is 48.4 Å². The summed E-state index contributed by atoms with van der Waals surface area (Å²) in [5, 5.41) is 2.76. The van der Waals surface area contributed by atoms with Crippen molar-refractivity contribution in [2.45, 2.75) is 51.6 Å². The minimum Gasteiger partial charge on any atom is -0.341 e. The van der Waals surface area contributed by atoms with Crippen LogP contribution in [0.25, 0.3) is 11.0 Å². The maximum atomic E-state index is 13.8. The summed E-state index contributed by atoms with van der Waals surface area (Å²) >= 11 is 0. The first-order chi connectivity index (χ1) is 18.9. The van der Waals surface area contributed by atoms with E-state index in [9.17, 15) is 14.0 Å². The summed E-state index contributed by atoms with van der Waals surface area (Å²) < 4.78 is 13.8. The molecule has 39 heavy (non-hydrogen) atoms. The van der Waals surface area contributed by atoms with Crippen molar-refractivity contribution in [2.75, 3.05) is 26.2 Å². The van der Waals surface area contributed by atoms with E-state index in [1.54, 1.807) is 24.4 Å². The van der Waals surface area contributed by atoms with E-state index in [4.69, 9.17) is 9.98 Å². The third-order valence-electron chi connectivity index (χ3n) is 8.00. The van der Waals surface area contributed by atoms with Gasteiger partial charge in [0.25, 0.3) is 5.91 Å². The number of aliphatic imine (C=N–C) groups is 1. The Hall–Kier alpha value is -3.85. The molecule has 0 radical (unpaired) electrons. The van der Waals surface area contributed by atoms with E-state index in [1.807, 2.05) is 30.9 Å². The van der Waals surface area contributed by atoms with E-state index in [0.29, 0.717) is 35.6 Å². The van der Waals surface area contributed by atoms with Gasteiger partial charge in [0.1, 0.15) is 17.6 Å². The lowest BCUT2D eigenvalue weighted by molar-refractivity contribution is -0.120. The molecule has 202 valence electrons. The second-order valence-corrected chi connectivity index (χ2v) is 10.9. The van der Waals surface area contributed by atoms with Crippen molar-refractivity contribution in [2.24, 2.45) is 4.99 Å². The standard InChI is InChI=1S/C30H33FN6O2/c1-18-5-6-22(31)14-20(18)13-19(2)33-24-7-8-32-29(38)27(24)28-34-25-15-21-17-37(12-11-36-9-3-4-10-36)30(39)23(21)16-26(25)35-28/h5-8,14-16,19,27H,3-4,9-13,17H2,1-2H3,(H,32,38)(H,34,35)/b33-24+/t19-,27?/m0/s1. The topological polar surface area (TPSA) is 93.7 Å². The van der Waals surface area contributed by atoms with Crippen LogP contribution in [0.3, 0.4) is 0 Å². The Morgan fingerprint density at radius 2 is 1.97 bits per heavy atom. The molecule has 2 N–H and O–H groups in total. The number of benzene rings is 2. The van der Waals surface area contributed by atoms with Crippen molar-refractivity contribution in [3.8, 4) is 0 Å². The number of hydrogen-bond acceptors (Lipinski definition) is 5. The average molecular weight is 529 g/mol. The van der Waals surface area contributed by atoms with Crippen molar-refractivity contribution in [3.63, 3.8) is 0 Å². The smallest absolute Gasteiger partial charge is 0.254 e. The second-order valence-electron chi connectivity index (χ2n) is 10.9. The molecule has 3 aliphatic heterocycles. The van der Waals surface area contributed by atoms with Gasteiger partial charge in [0.05, 0.1) is 22.8 Å². The maximum Gasteiger partial charge on any atom is 0.254 e. The number of likely N-dealkylation sites (tertiary alicyclic amines) is 1. The Morgan fingerprint density at radius 1 is 1.15 bits per heavy atom. The zero-order valence-corrected chi connectivity index (χ0v) is 22.3. The molecule has 3 aliphatic rings. The molecular formula is C30H33FN6O2. The Labute approximate surface area is 227 Å². The molecule has 3 aromatic rings. The van der Waals surface area contributed by atoms with Gasteiger partial charge in [-0.2, -0.15) is 0 Å². The van der Waals surface area contributed by atoms with Gasteiger partial charge in [0.15, 0.2) is 0 Å². The fourth-order valence-corrected chi connectivity index (χ4v) is 5.87. The fourth-order valence-electron chi connectivity index (χ4n) is 5.87. The number of allylic oxidation sites excluding steroid dienone is 1. The molecule has 2 atom stereocenters.